The third kappa shape index (κ3) is 1.54. The van der Waals surface area contributed by atoms with Gasteiger partial charge >= 0.3 is 0 Å². The Balaban J connectivity index is 2.65. The molecule has 1 aromatic carbocycles. The molecule has 0 saturated heterocycles. The number of hydrogen-bond donors (Lipinski definition) is 2. The average Bonchev–Trinajstić information content (AvgIpc) is 2.66. The molecule has 0 spiro atoms. The summed E-state index contributed by atoms with van der Waals surface area (Å²) in [6, 6.07) is 5.30. The molecule has 3 N–H and O–H groups in total. The number of aromatic nitrogens is 1. The van der Waals surface area contributed by atoms with Crippen LogP contribution >= 0.6 is 0 Å². The minimum absolute atomic E-state index is 0.439. The van der Waals surface area contributed by atoms with Crippen LogP contribution in [0.3, 0.4) is 0 Å². The van der Waals surface area contributed by atoms with Gasteiger partial charge in [0.1, 0.15) is 5.75 Å². The van der Waals surface area contributed by atoms with Crippen molar-refractivity contribution in [1.82, 2.24) is 4.98 Å². The summed E-state index contributed by atoms with van der Waals surface area (Å²) in [4.78, 5) is 14.1. The van der Waals surface area contributed by atoms with Crippen LogP contribution in [0.25, 0.3) is 10.9 Å². The van der Waals surface area contributed by atoms with Crippen molar-refractivity contribution in [2.75, 3.05) is 6.61 Å². The highest BCUT2D eigenvalue weighted by Gasteiger charge is 2.10. The van der Waals surface area contributed by atoms with Gasteiger partial charge in [0.15, 0.2) is 0 Å². The smallest absolute Gasteiger partial charge is 0.250 e. The molecule has 0 bridgehead atoms. The molecular formula is C11H12N2O2. The minimum Gasteiger partial charge on any atom is -0.493 e. The van der Waals surface area contributed by atoms with Gasteiger partial charge < -0.3 is 15.5 Å². The number of rotatable bonds is 3. The largest absolute Gasteiger partial charge is 0.493 e. The predicted octanol–water partition coefficient (Wildman–Crippen LogP) is 1.67. The first-order chi connectivity index (χ1) is 7.24. The summed E-state index contributed by atoms with van der Waals surface area (Å²) < 4.78 is 5.44. The predicted molar refractivity (Wildman–Crippen MR) is 58.0 cm³/mol. The van der Waals surface area contributed by atoms with E-state index in [0.29, 0.717) is 12.2 Å². The maximum Gasteiger partial charge on any atom is 0.250 e. The lowest BCUT2D eigenvalue weighted by Crippen LogP contribution is -2.11. The molecule has 0 atom stereocenters. The van der Waals surface area contributed by atoms with Crippen molar-refractivity contribution in [3.8, 4) is 5.75 Å². The number of nitrogens with two attached hydrogens (primary N) is 1. The fourth-order valence-electron chi connectivity index (χ4n) is 1.62. The van der Waals surface area contributed by atoms with Crippen molar-refractivity contribution in [2.24, 2.45) is 5.73 Å². The van der Waals surface area contributed by atoms with Gasteiger partial charge in [0.05, 0.1) is 17.7 Å². The third-order valence-electron chi connectivity index (χ3n) is 2.25. The van der Waals surface area contributed by atoms with E-state index in [2.05, 4.69) is 4.98 Å². The fourth-order valence-corrected chi connectivity index (χ4v) is 1.62. The number of nitrogens with one attached hydrogen (secondary N) is 1. The summed E-state index contributed by atoms with van der Waals surface area (Å²) >= 11 is 0. The van der Waals surface area contributed by atoms with Gasteiger partial charge in [0, 0.05) is 11.6 Å². The number of fused-ring (bicyclic) bond motifs is 1. The third-order valence-corrected chi connectivity index (χ3v) is 2.25. The van der Waals surface area contributed by atoms with Crippen LogP contribution < -0.4 is 10.5 Å². The van der Waals surface area contributed by atoms with Crippen molar-refractivity contribution in [3.05, 3.63) is 30.0 Å². The number of carbonyl (C=O) groups excluding carboxylic acids is 1. The molecule has 0 aliphatic heterocycles. The van der Waals surface area contributed by atoms with Crippen molar-refractivity contribution < 1.29 is 9.53 Å². The highest BCUT2D eigenvalue weighted by Crippen LogP contribution is 2.27. The quantitative estimate of drug-likeness (QED) is 0.798. The van der Waals surface area contributed by atoms with Crippen LogP contribution in [0.1, 0.15) is 17.3 Å². The molecule has 4 nitrogen and oxygen atoms in total. The Kier molecular flexibility index (Phi) is 2.33. The van der Waals surface area contributed by atoms with Crippen LogP contribution in [0.5, 0.6) is 5.75 Å². The first-order valence-electron chi connectivity index (χ1n) is 4.76. The standard InChI is InChI=1S/C11H12N2O2/c1-2-15-9-4-3-8(11(12)14)10-7(9)5-6-13-10/h3-6,13H,2H2,1H3,(H2,12,14). The molecule has 15 heavy (non-hydrogen) atoms. The van der Waals surface area contributed by atoms with E-state index >= 15 is 0 Å². The molecular weight excluding hydrogens is 192 g/mol. The lowest BCUT2D eigenvalue weighted by Gasteiger charge is -2.06. The molecule has 1 heterocycles. The molecule has 0 aliphatic rings. The number of primary amides is 1. The Hall–Kier alpha value is -1.97. The van der Waals surface area contributed by atoms with Crippen LogP contribution in [-0.2, 0) is 0 Å². The number of H-pyrrole nitrogens is 1. The van der Waals surface area contributed by atoms with E-state index in [1.807, 2.05) is 13.0 Å². The van der Waals surface area contributed by atoms with Crippen LogP contribution in [-0.4, -0.2) is 17.5 Å². The van der Waals surface area contributed by atoms with Crippen molar-refractivity contribution in [2.45, 2.75) is 6.92 Å². The number of carbonyl (C=O) groups is 1. The molecule has 1 amide bonds. The van der Waals surface area contributed by atoms with E-state index in [0.717, 1.165) is 16.7 Å². The van der Waals surface area contributed by atoms with E-state index in [4.69, 9.17) is 10.5 Å². The molecule has 0 fully saturated rings. The number of amides is 1. The number of aromatic amines is 1. The normalized spacial score (nSPS) is 10.5. The summed E-state index contributed by atoms with van der Waals surface area (Å²) in [5.74, 6) is 0.323. The zero-order chi connectivity index (χ0) is 10.8. The maximum absolute atomic E-state index is 11.1. The lowest BCUT2D eigenvalue weighted by molar-refractivity contribution is 0.100. The molecule has 0 unspecified atom stereocenters. The van der Waals surface area contributed by atoms with Gasteiger partial charge in [-0.15, -0.1) is 0 Å². The van der Waals surface area contributed by atoms with E-state index in [-0.39, 0.29) is 0 Å². The first-order valence-corrected chi connectivity index (χ1v) is 4.76. The van der Waals surface area contributed by atoms with E-state index in [1.165, 1.54) is 0 Å². The van der Waals surface area contributed by atoms with Crippen molar-refractivity contribution in [1.29, 1.82) is 0 Å². The molecule has 2 rings (SSSR count). The Morgan fingerprint density at radius 2 is 2.27 bits per heavy atom. The number of hydrogen-bond acceptors (Lipinski definition) is 2. The summed E-state index contributed by atoms with van der Waals surface area (Å²) in [5.41, 5.74) is 6.48. The Morgan fingerprint density at radius 3 is 2.93 bits per heavy atom. The van der Waals surface area contributed by atoms with Gasteiger partial charge in [-0.05, 0) is 25.1 Å². The maximum atomic E-state index is 11.1. The topological polar surface area (TPSA) is 68.1 Å². The fraction of sp³-hybridized carbons (Fsp3) is 0.182. The van der Waals surface area contributed by atoms with E-state index < -0.39 is 5.91 Å². The Bertz CT molecular complexity index is 502. The van der Waals surface area contributed by atoms with Crippen LogP contribution in [0.2, 0.25) is 0 Å². The van der Waals surface area contributed by atoms with Crippen LogP contribution in [0.15, 0.2) is 24.4 Å². The van der Waals surface area contributed by atoms with E-state index in [1.54, 1.807) is 18.3 Å². The van der Waals surface area contributed by atoms with Gasteiger partial charge in [-0.2, -0.15) is 0 Å². The average molecular weight is 204 g/mol. The van der Waals surface area contributed by atoms with Crippen molar-refractivity contribution >= 4 is 16.8 Å². The first kappa shape index (κ1) is 9.58. The second-order valence-electron chi connectivity index (χ2n) is 3.17. The zero-order valence-corrected chi connectivity index (χ0v) is 8.41. The molecule has 78 valence electrons. The highest BCUT2D eigenvalue weighted by atomic mass is 16.5. The summed E-state index contributed by atoms with van der Waals surface area (Å²) in [5, 5.41) is 0.883. The summed E-state index contributed by atoms with van der Waals surface area (Å²) in [6.45, 7) is 2.51. The van der Waals surface area contributed by atoms with Gasteiger partial charge in [0.2, 0.25) is 0 Å². The summed E-state index contributed by atoms with van der Waals surface area (Å²) in [7, 11) is 0. The minimum atomic E-state index is -0.439. The van der Waals surface area contributed by atoms with Gasteiger partial charge in [-0.25, -0.2) is 0 Å². The Labute approximate surface area is 87.0 Å². The SMILES string of the molecule is CCOc1ccc(C(N)=O)c2[nH]ccc12. The zero-order valence-electron chi connectivity index (χ0n) is 8.41. The molecule has 0 saturated carbocycles. The lowest BCUT2D eigenvalue weighted by atomic mass is 10.1. The second-order valence-corrected chi connectivity index (χ2v) is 3.17. The van der Waals surface area contributed by atoms with E-state index in [9.17, 15) is 4.79 Å². The number of ether oxygens (including phenoxy) is 1. The molecule has 0 aliphatic carbocycles. The monoisotopic (exact) mass is 204 g/mol. The van der Waals surface area contributed by atoms with Crippen LogP contribution in [0, 0.1) is 0 Å². The van der Waals surface area contributed by atoms with Crippen molar-refractivity contribution in [3.63, 3.8) is 0 Å². The Morgan fingerprint density at radius 1 is 1.47 bits per heavy atom. The molecule has 0 radical (unpaired) electrons. The van der Waals surface area contributed by atoms with Gasteiger partial charge in [-0.1, -0.05) is 0 Å². The van der Waals surface area contributed by atoms with Gasteiger partial charge in [-0.3, -0.25) is 4.79 Å². The molecule has 2 aromatic rings. The van der Waals surface area contributed by atoms with Crippen LogP contribution in [0.4, 0.5) is 0 Å². The number of benzene rings is 1. The highest BCUT2D eigenvalue weighted by molar-refractivity contribution is 6.06. The second kappa shape index (κ2) is 3.65. The molecule has 1 aromatic heterocycles. The summed E-state index contributed by atoms with van der Waals surface area (Å²) in [6.07, 6.45) is 1.76. The molecule has 4 heteroatoms. The van der Waals surface area contributed by atoms with Gasteiger partial charge in [0.25, 0.3) is 5.91 Å².